The van der Waals surface area contributed by atoms with Crippen LogP contribution >= 0.6 is 23.2 Å². The van der Waals surface area contributed by atoms with Gasteiger partial charge in [-0.1, -0.05) is 36.5 Å². The van der Waals surface area contributed by atoms with E-state index in [1.807, 2.05) is 36.7 Å². The fourth-order valence-corrected chi connectivity index (χ4v) is 2.88. The second kappa shape index (κ2) is 6.51. The maximum absolute atomic E-state index is 12.1. The van der Waals surface area contributed by atoms with Crippen molar-refractivity contribution in [2.75, 3.05) is 6.61 Å². The van der Waals surface area contributed by atoms with Crippen LogP contribution in [0.3, 0.4) is 0 Å². The smallest absolute Gasteiger partial charge is 0.329 e. The number of carbonyl (C=O) groups excluding carboxylic acids is 1. The number of esters is 1. The van der Waals surface area contributed by atoms with Gasteiger partial charge in [0.1, 0.15) is 6.04 Å². The van der Waals surface area contributed by atoms with Crippen LogP contribution < -0.4 is 0 Å². The lowest BCUT2D eigenvalue weighted by atomic mass is 10.1. The van der Waals surface area contributed by atoms with Gasteiger partial charge in [0.25, 0.3) is 0 Å². The summed E-state index contributed by atoms with van der Waals surface area (Å²) in [6.45, 7) is 4.22. The van der Waals surface area contributed by atoms with E-state index in [-0.39, 0.29) is 12.0 Å². The third-order valence-corrected chi connectivity index (χ3v) is 3.74. The zero-order valence-corrected chi connectivity index (χ0v) is 13.0. The van der Waals surface area contributed by atoms with Crippen LogP contribution in [-0.2, 0) is 9.53 Å². The average molecular weight is 314 g/mol. The third-order valence-electron chi connectivity index (χ3n) is 3.21. The Bertz CT molecular complexity index is 622. The molecule has 5 heteroatoms. The maximum Gasteiger partial charge on any atom is 0.329 e. The van der Waals surface area contributed by atoms with Gasteiger partial charge in [-0.3, -0.25) is 0 Å². The number of nitrogens with zero attached hydrogens (tertiary/aromatic N) is 1. The SMILES string of the molecule is CCCC(C(=O)OCC)n1ccc2c(Cl)cc(Cl)cc21. The molecule has 20 heavy (non-hydrogen) atoms. The summed E-state index contributed by atoms with van der Waals surface area (Å²) >= 11 is 12.2. The molecule has 0 aliphatic heterocycles. The second-order valence-corrected chi connectivity index (χ2v) is 5.44. The van der Waals surface area contributed by atoms with E-state index < -0.39 is 0 Å². The minimum Gasteiger partial charge on any atom is -0.464 e. The Morgan fingerprint density at radius 1 is 1.35 bits per heavy atom. The largest absolute Gasteiger partial charge is 0.464 e. The number of halogens is 2. The van der Waals surface area contributed by atoms with Crippen molar-refractivity contribution in [3.05, 3.63) is 34.4 Å². The zero-order chi connectivity index (χ0) is 14.7. The van der Waals surface area contributed by atoms with E-state index in [1.165, 1.54) is 0 Å². The predicted octanol–water partition coefficient (Wildman–Crippen LogP) is 4.85. The van der Waals surface area contributed by atoms with E-state index >= 15 is 0 Å². The van der Waals surface area contributed by atoms with Gasteiger partial charge in [-0.2, -0.15) is 0 Å². The highest BCUT2D eigenvalue weighted by atomic mass is 35.5. The minimum atomic E-state index is -0.341. The van der Waals surface area contributed by atoms with Gasteiger partial charge in [0, 0.05) is 16.6 Å². The van der Waals surface area contributed by atoms with Crippen LogP contribution in [0.4, 0.5) is 0 Å². The van der Waals surface area contributed by atoms with E-state index in [4.69, 9.17) is 27.9 Å². The van der Waals surface area contributed by atoms with Crippen LogP contribution in [0.1, 0.15) is 32.7 Å². The number of rotatable bonds is 5. The molecule has 1 unspecified atom stereocenters. The van der Waals surface area contributed by atoms with Gasteiger partial charge >= 0.3 is 5.97 Å². The summed E-state index contributed by atoms with van der Waals surface area (Å²) in [5.74, 6) is -0.219. The summed E-state index contributed by atoms with van der Waals surface area (Å²) in [4.78, 5) is 12.1. The second-order valence-electron chi connectivity index (χ2n) is 4.60. The van der Waals surface area contributed by atoms with E-state index in [2.05, 4.69) is 0 Å². The fraction of sp³-hybridized carbons (Fsp3) is 0.400. The monoisotopic (exact) mass is 313 g/mol. The Labute approximate surface area is 128 Å². The number of ether oxygens (including phenoxy) is 1. The van der Waals surface area contributed by atoms with E-state index in [0.717, 1.165) is 17.3 Å². The molecule has 0 fully saturated rings. The molecule has 0 N–H and O–H groups in total. The van der Waals surface area contributed by atoms with Crippen molar-refractivity contribution in [1.82, 2.24) is 4.57 Å². The molecule has 0 amide bonds. The summed E-state index contributed by atoms with van der Waals surface area (Å²) < 4.78 is 7.06. The van der Waals surface area contributed by atoms with Crippen LogP contribution in [-0.4, -0.2) is 17.1 Å². The molecule has 0 bridgehead atoms. The standard InChI is InChI=1S/C15H17Cl2NO2/c1-3-5-13(15(19)20-4-2)18-7-6-11-12(17)8-10(16)9-14(11)18/h6-9,13H,3-5H2,1-2H3. The first kappa shape index (κ1) is 15.2. The Balaban J connectivity index is 2.50. The molecule has 2 aromatic rings. The molecule has 0 aliphatic rings. The van der Waals surface area contributed by atoms with Crippen molar-refractivity contribution in [3.8, 4) is 0 Å². The normalized spacial score (nSPS) is 12.6. The highest BCUT2D eigenvalue weighted by molar-refractivity contribution is 6.38. The molecule has 3 nitrogen and oxygen atoms in total. The molecule has 1 atom stereocenters. The Morgan fingerprint density at radius 2 is 2.10 bits per heavy atom. The topological polar surface area (TPSA) is 31.2 Å². The average Bonchev–Trinajstić information content (AvgIpc) is 2.80. The number of aromatic nitrogens is 1. The molecule has 0 saturated heterocycles. The number of fused-ring (bicyclic) bond motifs is 1. The molecule has 2 rings (SSSR count). The summed E-state index contributed by atoms with van der Waals surface area (Å²) in [5, 5.41) is 2.04. The van der Waals surface area contributed by atoms with Crippen LogP contribution in [0, 0.1) is 0 Å². The van der Waals surface area contributed by atoms with Crippen molar-refractivity contribution in [1.29, 1.82) is 0 Å². The highest BCUT2D eigenvalue weighted by Crippen LogP contribution is 2.31. The highest BCUT2D eigenvalue weighted by Gasteiger charge is 2.22. The summed E-state index contributed by atoms with van der Waals surface area (Å²) in [6, 6.07) is 5.09. The summed E-state index contributed by atoms with van der Waals surface area (Å²) in [5.41, 5.74) is 0.856. The molecule has 1 aromatic heterocycles. The molecular formula is C15H17Cl2NO2. The van der Waals surface area contributed by atoms with Gasteiger partial charge in [0.2, 0.25) is 0 Å². The number of hydrogen-bond acceptors (Lipinski definition) is 2. The molecule has 1 heterocycles. The van der Waals surface area contributed by atoms with Gasteiger partial charge in [0.15, 0.2) is 0 Å². The van der Waals surface area contributed by atoms with E-state index in [9.17, 15) is 4.79 Å². The zero-order valence-electron chi connectivity index (χ0n) is 11.5. The van der Waals surface area contributed by atoms with Crippen molar-refractivity contribution in [2.24, 2.45) is 0 Å². The molecular weight excluding hydrogens is 297 g/mol. The van der Waals surface area contributed by atoms with Crippen LogP contribution in [0.2, 0.25) is 10.0 Å². The van der Waals surface area contributed by atoms with E-state index in [1.54, 1.807) is 6.07 Å². The summed E-state index contributed by atoms with van der Waals surface area (Å²) in [7, 11) is 0. The van der Waals surface area contributed by atoms with Crippen LogP contribution in [0.25, 0.3) is 10.9 Å². The Hall–Kier alpha value is -1.19. The van der Waals surface area contributed by atoms with Gasteiger partial charge in [-0.05, 0) is 31.5 Å². The van der Waals surface area contributed by atoms with Gasteiger partial charge in [-0.15, -0.1) is 0 Å². The predicted molar refractivity (Wildman–Crippen MR) is 82.5 cm³/mol. The van der Waals surface area contributed by atoms with Crippen molar-refractivity contribution in [3.63, 3.8) is 0 Å². The molecule has 0 aliphatic carbocycles. The molecule has 1 aromatic carbocycles. The lowest BCUT2D eigenvalue weighted by Gasteiger charge is -2.18. The van der Waals surface area contributed by atoms with Crippen molar-refractivity contribution in [2.45, 2.75) is 32.7 Å². The first-order valence-electron chi connectivity index (χ1n) is 6.70. The lowest BCUT2D eigenvalue weighted by molar-refractivity contribution is -0.147. The first-order chi connectivity index (χ1) is 9.58. The number of benzene rings is 1. The van der Waals surface area contributed by atoms with Crippen molar-refractivity contribution >= 4 is 40.1 Å². The quantitative estimate of drug-likeness (QED) is 0.739. The molecule has 0 saturated carbocycles. The van der Waals surface area contributed by atoms with Crippen LogP contribution in [0.5, 0.6) is 0 Å². The Morgan fingerprint density at radius 3 is 2.75 bits per heavy atom. The summed E-state index contributed by atoms with van der Waals surface area (Å²) in [6.07, 6.45) is 3.47. The van der Waals surface area contributed by atoms with Crippen molar-refractivity contribution < 1.29 is 9.53 Å². The molecule has 108 valence electrons. The minimum absolute atomic E-state index is 0.219. The fourth-order valence-electron chi connectivity index (χ4n) is 2.34. The van der Waals surface area contributed by atoms with Gasteiger partial charge in [0.05, 0.1) is 17.1 Å². The third kappa shape index (κ3) is 2.94. The molecule has 0 radical (unpaired) electrons. The maximum atomic E-state index is 12.1. The van der Waals surface area contributed by atoms with Crippen LogP contribution in [0.15, 0.2) is 24.4 Å². The Kier molecular flexibility index (Phi) is 4.95. The van der Waals surface area contributed by atoms with Gasteiger partial charge < -0.3 is 9.30 Å². The molecule has 0 spiro atoms. The first-order valence-corrected chi connectivity index (χ1v) is 7.46. The number of carbonyl (C=O) groups is 1. The lowest BCUT2D eigenvalue weighted by Crippen LogP contribution is -2.21. The van der Waals surface area contributed by atoms with E-state index in [0.29, 0.717) is 23.1 Å². The number of hydrogen-bond donors (Lipinski definition) is 0. The van der Waals surface area contributed by atoms with Gasteiger partial charge in [-0.25, -0.2) is 4.79 Å².